The average molecular weight is 326 g/mol. The molecule has 0 aliphatic heterocycles. The summed E-state index contributed by atoms with van der Waals surface area (Å²) in [5.41, 5.74) is 3.37. The first kappa shape index (κ1) is 13.6. The summed E-state index contributed by atoms with van der Waals surface area (Å²) in [6.45, 7) is 2.67. The summed E-state index contributed by atoms with van der Waals surface area (Å²) >= 11 is 5.23. The molecule has 18 heavy (non-hydrogen) atoms. The Bertz CT molecular complexity index is 511. The standard InChI is InChI=1S/C14H16BrNOS/c1-10(17)13-4-3-12(7-14(13)15)16(2)8-11-5-6-18-9-11/h3-7,9-10,17H,8H2,1-2H3/t10-/m1/s1. The van der Waals surface area contributed by atoms with Crippen molar-refractivity contribution in [1.29, 1.82) is 0 Å². The van der Waals surface area contributed by atoms with E-state index < -0.39 is 6.10 Å². The Morgan fingerprint density at radius 2 is 2.17 bits per heavy atom. The molecule has 1 aromatic carbocycles. The lowest BCUT2D eigenvalue weighted by Gasteiger charge is -2.20. The van der Waals surface area contributed by atoms with E-state index in [1.807, 2.05) is 12.1 Å². The number of aliphatic hydroxyl groups excluding tert-OH is 1. The number of anilines is 1. The molecule has 1 heterocycles. The van der Waals surface area contributed by atoms with Gasteiger partial charge >= 0.3 is 0 Å². The van der Waals surface area contributed by atoms with E-state index >= 15 is 0 Å². The molecule has 1 atom stereocenters. The van der Waals surface area contributed by atoms with Crippen molar-refractivity contribution >= 4 is 33.0 Å². The van der Waals surface area contributed by atoms with Crippen LogP contribution in [0.4, 0.5) is 5.69 Å². The number of hydrogen-bond acceptors (Lipinski definition) is 3. The summed E-state index contributed by atoms with van der Waals surface area (Å²) in [6, 6.07) is 8.20. The lowest BCUT2D eigenvalue weighted by atomic mass is 10.1. The van der Waals surface area contributed by atoms with E-state index in [9.17, 15) is 5.11 Å². The van der Waals surface area contributed by atoms with Gasteiger partial charge in [-0.05, 0) is 47.0 Å². The van der Waals surface area contributed by atoms with E-state index in [-0.39, 0.29) is 0 Å². The average Bonchev–Trinajstić information content (AvgIpc) is 2.81. The molecule has 0 saturated heterocycles. The number of hydrogen-bond donors (Lipinski definition) is 1. The fourth-order valence-electron chi connectivity index (χ4n) is 1.84. The van der Waals surface area contributed by atoms with Crippen molar-refractivity contribution in [1.82, 2.24) is 0 Å². The Labute approximate surface area is 120 Å². The minimum Gasteiger partial charge on any atom is -0.389 e. The van der Waals surface area contributed by atoms with Crippen LogP contribution in [0.15, 0.2) is 39.5 Å². The highest BCUT2D eigenvalue weighted by Gasteiger charge is 2.09. The van der Waals surface area contributed by atoms with Gasteiger partial charge in [0.05, 0.1) is 6.10 Å². The second kappa shape index (κ2) is 5.87. The van der Waals surface area contributed by atoms with Crippen LogP contribution in [0.2, 0.25) is 0 Å². The fraction of sp³-hybridized carbons (Fsp3) is 0.286. The van der Waals surface area contributed by atoms with Crippen LogP contribution in [0.25, 0.3) is 0 Å². The zero-order valence-electron chi connectivity index (χ0n) is 10.4. The largest absolute Gasteiger partial charge is 0.389 e. The number of nitrogens with zero attached hydrogens (tertiary/aromatic N) is 1. The van der Waals surface area contributed by atoms with Crippen LogP contribution in [-0.4, -0.2) is 12.2 Å². The summed E-state index contributed by atoms with van der Waals surface area (Å²) in [5, 5.41) is 13.9. The quantitative estimate of drug-likeness (QED) is 0.910. The van der Waals surface area contributed by atoms with E-state index in [1.54, 1.807) is 18.3 Å². The first-order valence-electron chi connectivity index (χ1n) is 5.77. The molecular formula is C14H16BrNOS. The number of rotatable bonds is 4. The lowest BCUT2D eigenvalue weighted by Crippen LogP contribution is -2.16. The van der Waals surface area contributed by atoms with Gasteiger partial charge in [-0.3, -0.25) is 0 Å². The molecule has 1 N–H and O–H groups in total. The molecule has 2 rings (SSSR count). The highest BCUT2D eigenvalue weighted by molar-refractivity contribution is 9.10. The van der Waals surface area contributed by atoms with Gasteiger partial charge in [0.1, 0.15) is 0 Å². The molecule has 4 heteroatoms. The topological polar surface area (TPSA) is 23.5 Å². The highest BCUT2D eigenvalue weighted by Crippen LogP contribution is 2.28. The van der Waals surface area contributed by atoms with E-state index in [2.05, 4.69) is 50.8 Å². The molecule has 0 saturated carbocycles. The third-order valence-electron chi connectivity index (χ3n) is 2.87. The SMILES string of the molecule is C[C@@H](O)c1ccc(N(C)Cc2ccsc2)cc1Br. The third-order valence-corrected chi connectivity index (χ3v) is 4.29. The predicted octanol–water partition coefficient (Wildman–Crippen LogP) is 4.20. The Balaban J connectivity index is 2.16. The van der Waals surface area contributed by atoms with Crippen molar-refractivity contribution in [2.24, 2.45) is 0 Å². The molecule has 96 valence electrons. The minimum atomic E-state index is -0.449. The minimum absolute atomic E-state index is 0.449. The molecule has 0 radical (unpaired) electrons. The molecule has 0 bridgehead atoms. The zero-order chi connectivity index (χ0) is 13.1. The van der Waals surface area contributed by atoms with Gasteiger partial charge in [0.25, 0.3) is 0 Å². The van der Waals surface area contributed by atoms with Gasteiger partial charge in [0.2, 0.25) is 0 Å². The molecular weight excluding hydrogens is 310 g/mol. The van der Waals surface area contributed by atoms with Gasteiger partial charge in [-0.1, -0.05) is 22.0 Å². The second-order valence-electron chi connectivity index (χ2n) is 4.37. The Hall–Kier alpha value is -0.840. The molecule has 0 unspecified atom stereocenters. The normalized spacial score (nSPS) is 12.4. The molecule has 1 aromatic heterocycles. The van der Waals surface area contributed by atoms with Crippen molar-refractivity contribution in [3.05, 3.63) is 50.6 Å². The van der Waals surface area contributed by atoms with Crippen molar-refractivity contribution in [3.8, 4) is 0 Å². The molecule has 0 amide bonds. The van der Waals surface area contributed by atoms with Crippen molar-refractivity contribution in [2.75, 3.05) is 11.9 Å². The first-order valence-corrected chi connectivity index (χ1v) is 7.51. The van der Waals surface area contributed by atoms with Crippen LogP contribution in [0.5, 0.6) is 0 Å². The second-order valence-corrected chi connectivity index (χ2v) is 6.00. The van der Waals surface area contributed by atoms with Gasteiger partial charge in [-0.15, -0.1) is 0 Å². The summed E-state index contributed by atoms with van der Waals surface area (Å²) in [7, 11) is 2.07. The van der Waals surface area contributed by atoms with Gasteiger partial charge in [0, 0.05) is 23.8 Å². The van der Waals surface area contributed by atoms with Crippen LogP contribution in [0.3, 0.4) is 0 Å². The number of benzene rings is 1. The van der Waals surface area contributed by atoms with Crippen molar-refractivity contribution in [3.63, 3.8) is 0 Å². The van der Waals surface area contributed by atoms with Crippen molar-refractivity contribution < 1.29 is 5.11 Å². The van der Waals surface area contributed by atoms with E-state index in [4.69, 9.17) is 0 Å². The molecule has 0 aliphatic carbocycles. The van der Waals surface area contributed by atoms with Crippen LogP contribution < -0.4 is 4.90 Å². The summed E-state index contributed by atoms with van der Waals surface area (Å²) < 4.78 is 0.951. The smallest absolute Gasteiger partial charge is 0.0772 e. The van der Waals surface area contributed by atoms with Crippen LogP contribution in [0.1, 0.15) is 24.2 Å². The molecule has 2 nitrogen and oxygen atoms in total. The first-order chi connectivity index (χ1) is 8.58. The maximum absolute atomic E-state index is 9.60. The van der Waals surface area contributed by atoms with Crippen LogP contribution >= 0.6 is 27.3 Å². The van der Waals surface area contributed by atoms with E-state index in [0.717, 1.165) is 22.3 Å². The molecule has 2 aromatic rings. The number of thiophene rings is 1. The molecule has 0 spiro atoms. The van der Waals surface area contributed by atoms with Gasteiger partial charge in [-0.2, -0.15) is 11.3 Å². The lowest BCUT2D eigenvalue weighted by molar-refractivity contribution is 0.198. The maximum Gasteiger partial charge on any atom is 0.0772 e. The van der Waals surface area contributed by atoms with Crippen LogP contribution in [-0.2, 0) is 6.54 Å². The van der Waals surface area contributed by atoms with E-state index in [1.165, 1.54) is 5.56 Å². The fourth-order valence-corrected chi connectivity index (χ4v) is 3.20. The van der Waals surface area contributed by atoms with Gasteiger partial charge < -0.3 is 10.0 Å². The monoisotopic (exact) mass is 325 g/mol. The maximum atomic E-state index is 9.60. The molecule has 0 fully saturated rings. The third kappa shape index (κ3) is 3.13. The number of aliphatic hydroxyl groups is 1. The summed E-state index contributed by atoms with van der Waals surface area (Å²) in [5.74, 6) is 0. The zero-order valence-corrected chi connectivity index (χ0v) is 12.8. The Kier molecular flexibility index (Phi) is 4.43. The Morgan fingerprint density at radius 1 is 1.39 bits per heavy atom. The predicted molar refractivity (Wildman–Crippen MR) is 81.2 cm³/mol. The Morgan fingerprint density at radius 3 is 2.72 bits per heavy atom. The number of halogens is 1. The summed E-state index contributed by atoms with van der Waals surface area (Å²) in [4.78, 5) is 2.19. The van der Waals surface area contributed by atoms with Gasteiger partial charge in [0.15, 0.2) is 0 Å². The highest BCUT2D eigenvalue weighted by atomic mass is 79.9. The van der Waals surface area contributed by atoms with Crippen LogP contribution in [0, 0.1) is 0 Å². The molecule has 0 aliphatic rings. The van der Waals surface area contributed by atoms with Crippen molar-refractivity contribution in [2.45, 2.75) is 19.6 Å². The van der Waals surface area contributed by atoms with Gasteiger partial charge in [-0.25, -0.2) is 0 Å². The summed E-state index contributed by atoms with van der Waals surface area (Å²) in [6.07, 6.45) is -0.449. The van der Waals surface area contributed by atoms with E-state index in [0.29, 0.717) is 0 Å².